The number of carbonyl (C=O) groups excluding carboxylic acids is 1. The van der Waals surface area contributed by atoms with Gasteiger partial charge in [0.25, 0.3) is 11.5 Å². The second-order valence-electron chi connectivity index (χ2n) is 8.49. The van der Waals surface area contributed by atoms with Gasteiger partial charge in [0.2, 0.25) is 0 Å². The molecule has 4 rings (SSSR count). The average Bonchev–Trinajstić information content (AvgIpc) is 3.54. The lowest BCUT2D eigenvalue weighted by molar-refractivity contribution is 0.0529. The number of thiophene rings is 1. The fourth-order valence-electron chi connectivity index (χ4n) is 3.56. The molecule has 0 aliphatic rings. The number of nitrogens with one attached hydrogen (secondary N) is 1. The van der Waals surface area contributed by atoms with Gasteiger partial charge in [0.05, 0.1) is 47.5 Å². The maximum Gasteiger partial charge on any atom is 0.260 e. The van der Waals surface area contributed by atoms with Crippen LogP contribution >= 0.6 is 22.9 Å². The van der Waals surface area contributed by atoms with Crippen LogP contribution < -0.4 is 10.9 Å². The predicted molar refractivity (Wildman–Crippen MR) is 133 cm³/mol. The zero-order valence-corrected chi connectivity index (χ0v) is 20.7. The Hall–Kier alpha value is -3.14. The van der Waals surface area contributed by atoms with Gasteiger partial charge in [0.15, 0.2) is 0 Å². The first-order valence-electron chi connectivity index (χ1n) is 10.6. The predicted octanol–water partition coefficient (Wildman–Crippen LogP) is 4.99. The molecule has 0 aromatic carbocycles. The average molecular weight is 501 g/mol. The highest BCUT2D eigenvalue weighted by atomic mass is 35.5. The maximum absolute atomic E-state index is 13.4. The third kappa shape index (κ3) is 5.16. The van der Waals surface area contributed by atoms with E-state index in [0.717, 1.165) is 10.4 Å². The Kier molecular flexibility index (Phi) is 7.06. The smallest absolute Gasteiger partial charge is 0.260 e. The van der Waals surface area contributed by atoms with Crippen molar-refractivity contribution in [1.29, 1.82) is 0 Å². The fraction of sp³-hybridized carbons (Fsp3) is 0.292. The fourth-order valence-corrected chi connectivity index (χ4v) is 4.59. The molecule has 10 heteroatoms. The van der Waals surface area contributed by atoms with Crippen LogP contribution in [0.5, 0.6) is 0 Å². The van der Waals surface area contributed by atoms with Crippen LogP contribution in [0.15, 0.2) is 64.3 Å². The molecular formula is C24H25ClN4O4S. The van der Waals surface area contributed by atoms with Crippen molar-refractivity contribution >= 4 is 34.7 Å². The van der Waals surface area contributed by atoms with E-state index in [1.54, 1.807) is 62.4 Å². The molecule has 0 unspecified atom stereocenters. The molecule has 0 fully saturated rings. The van der Waals surface area contributed by atoms with Crippen LogP contribution in [-0.4, -0.2) is 34.0 Å². The number of hydrogen-bond acceptors (Lipinski definition) is 7. The van der Waals surface area contributed by atoms with Crippen molar-refractivity contribution in [2.75, 3.05) is 19.0 Å². The largest absolute Gasteiger partial charge is 0.472 e. The van der Waals surface area contributed by atoms with Crippen molar-refractivity contribution in [2.24, 2.45) is 5.41 Å². The van der Waals surface area contributed by atoms with E-state index in [9.17, 15) is 9.59 Å². The second-order valence-corrected chi connectivity index (χ2v) is 10.3. The zero-order valence-electron chi connectivity index (χ0n) is 19.1. The molecule has 0 spiro atoms. The van der Waals surface area contributed by atoms with Crippen LogP contribution in [0.4, 0.5) is 5.82 Å². The van der Waals surface area contributed by atoms with Gasteiger partial charge in [-0.25, -0.2) is 0 Å². The quantitative estimate of drug-likeness (QED) is 0.348. The van der Waals surface area contributed by atoms with Gasteiger partial charge in [0, 0.05) is 29.8 Å². The minimum Gasteiger partial charge on any atom is -0.472 e. The van der Waals surface area contributed by atoms with Gasteiger partial charge in [0.1, 0.15) is 11.5 Å². The van der Waals surface area contributed by atoms with Crippen LogP contribution in [0.3, 0.4) is 0 Å². The van der Waals surface area contributed by atoms with Crippen molar-refractivity contribution in [2.45, 2.75) is 26.9 Å². The SMILES string of the molecule is COCC(C)(C)C(=O)n1nc(-c2cccn(Cc3ccoc3)c2=O)cc1NCc1ccc(Cl)s1. The summed E-state index contributed by atoms with van der Waals surface area (Å²) in [7, 11) is 1.55. The van der Waals surface area contributed by atoms with E-state index >= 15 is 0 Å². The Morgan fingerprint density at radius 1 is 1.29 bits per heavy atom. The molecule has 178 valence electrons. The summed E-state index contributed by atoms with van der Waals surface area (Å²) >= 11 is 7.50. The van der Waals surface area contributed by atoms with Gasteiger partial charge < -0.3 is 19.0 Å². The summed E-state index contributed by atoms with van der Waals surface area (Å²) in [5.74, 6) is 0.236. The molecule has 4 aromatic heterocycles. The number of furan rings is 1. The van der Waals surface area contributed by atoms with Crippen molar-refractivity contribution in [3.63, 3.8) is 0 Å². The number of pyridine rings is 1. The lowest BCUT2D eigenvalue weighted by atomic mass is 9.94. The monoisotopic (exact) mass is 500 g/mol. The summed E-state index contributed by atoms with van der Waals surface area (Å²) in [6.45, 7) is 4.64. The van der Waals surface area contributed by atoms with Gasteiger partial charge in [-0.15, -0.1) is 11.3 Å². The molecule has 0 saturated heterocycles. The van der Waals surface area contributed by atoms with Gasteiger partial charge in [-0.05, 0) is 44.2 Å². The Morgan fingerprint density at radius 3 is 2.79 bits per heavy atom. The lowest BCUT2D eigenvalue weighted by Gasteiger charge is -2.22. The number of aromatic nitrogens is 3. The number of rotatable bonds is 9. The third-order valence-electron chi connectivity index (χ3n) is 5.29. The van der Waals surface area contributed by atoms with Gasteiger partial charge in [-0.3, -0.25) is 9.59 Å². The van der Waals surface area contributed by atoms with E-state index in [-0.39, 0.29) is 18.1 Å². The molecule has 0 atom stereocenters. The highest BCUT2D eigenvalue weighted by Crippen LogP contribution is 2.27. The number of hydrogen-bond donors (Lipinski definition) is 1. The van der Waals surface area contributed by atoms with E-state index in [4.69, 9.17) is 20.8 Å². The van der Waals surface area contributed by atoms with Crippen molar-refractivity contribution in [3.8, 4) is 11.3 Å². The maximum atomic E-state index is 13.4. The first-order valence-corrected chi connectivity index (χ1v) is 11.8. The van der Waals surface area contributed by atoms with E-state index in [1.165, 1.54) is 16.0 Å². The van der Waals surface area contributed by atoms with Crippen LogP contribution in [-0.2, 0) is 17.8 Å². The third-order valence-corrected chi connectivity index (χ3v) is 6.52. The number of halogens is 1. The van der Waals surface area contributed by atoms with Crippen molar-refractivity contribution in [3.05, 3.63) is 80.3 Å². The Bertz CT molecular complexity index is 1340. The minimum absolute atomic E-state index is 0.214. The molecule has 0 aliphatic carbocycles. The summed E-state index contributed by atoms with van der Waals surface area (Å²) in [6.07, 6.45) is 4.88. The molecule has 0 bridgehead atoms. The second kappa shape index (κ2) is 10.0. The van der Waals surface area contributed by atoms with E-state index in [0.29, 0.717) is 34.5 Å². The number of nitrogens with zero attached hydrogens (tertiary/aromatic N) is 3. The molecule has 8 nitrogen and oxygen atoms in total. The molecule has 0 aliphatic heterocycles. The summed E-state index contributed by atoms with van der Waals surface area (Å²) in [5.41, 5.74) is 0.634. The van der Waals surface area contributed by atoms with Crippen LogP contribution in [0.25, 0.3) is 11.3 Å². The van der Waals surface area contributed by atoms with Crippen LogP contribution in [0.1, 0.15) is 29.1 Å². The topological polar surface area (TPSA) is 91.3 Å². The molecule has 0 saturated carbocycles. The highest BCUT2D eigenvalue weighted by molar-refractivity contribution is 7.16. The number of carbonyl (C=O) groups is 1. The number of ether oxygens (including phenoxy) is 1. The van der Waals surface area contributed by atoms with Gasteiger partial charge >= 0.3 is 0 Å². The van der Waals surface area contributed by atoms with E-state index < -0.39 is 5.41 Å². The van der Waals surface area contributed by atoms with Crippen molar-refractivity contribution in [1.82, 2.24) is 14.3 Å². The molecule has 4 aromatic rings. The molecular weight excluding hydrogens is 476 g/mol. The van der Waals surface area contributed by atoms with Crippen LogP contribution in [0.2, 0.25) is 4.34 Å². The summed E-state index contributed by atoms with van der Waals surface area (Å²) < 4.78 is 13.9. The minimum atomic E-state index is -0.821. The Morgan fingerprint density at radius 2 is 2.12 bits per heavy atom. The Labute approximate surface area is 205 Å². The summed E-state index contributed by atoms with van der Waals surface area (Å²) in [4.78, 5) is 27.6. The normalized spacial score (nSPS) is 11.6. The molecule has 34 heavy (non-hydrogen) atoms. The highest BCUT2D eigenvalue weighted by Gasteiger charge is 2.32. The molecule has 0 amide bonds. The molecule has 1 N–H and O–H groups in total. The number of methoxy groups -OCH3 is 1. The number of anilines is 1. The summed E-state index contributed by atoms with van der Waals surface area (Å²) in [6, 6.07) is 10.8. The standard InChI is InChI=1S/C24H25ClN4O4S/c1-24(2,15-32-3)23(31)29-21(26-12-17-6-7-20(25)34-17)11-19(27-29)18-5-4-9-28(22(18)30)13-16-8-10-33-14-16/h4-11,14,26H,12-13,15H2,1-3H3. The zero-order chi connectivity index (χ0) is 24.3. The first kappa shape index (κ1) is 24.0. The Balaban J connectivity index is 1.71. The van der Waals surface area contributed by atoms with Gasteiger partial charge in [-0.2, -0.15) is 9.78 Å². The summed E-state index contributed by atoms with van der Waals surface area (Å²) in [5, 5.41) is 7.81. The molecule has 4 heterocycles. The van der Waals surface area contributed by atoms with Gasteiger partial charge in [-0.1, -0.05) is 11.6 Å². The van der Waals surface area contributed by atoms with E-state index in [1.807, 2.05) is 18.2 Å². The van der Waals surface area contributed by atoms with E-state index in [2.05, 4.69) is 10.4 Å². The first-order chi connectivity index (χ1) is 16.3. The lowest BCUT2D eigenvalue weighted by Crippen LogP contribution is -2.35. The van der Waals surface area contributed by atoms with Crippen molar-refractivity contribution < 1.29 is 13.9 Å². The molecule has 0 radical (unpaired) electrons. The van der Waals surface area contributed by atoms with Crippen LogP contribution in [0, 0.1) is 5.41 Å².